The Hall–Kier alpha value is -2.35. The first-order valence-electron chi connectivity index (χ1n) is 6.06. The number of carbonyl (C=O) groups is 2. The van der Waals surface area contributed by atoms with Gasteiger partial charge in [0, 0.05) is 12.1 Å². The Labute approximate surface area is 111 Å². The van der Waals surface area contributed by atoms with E-state index in [-0.39, 0.29) is 11.9 Å². The summed E-state index contributed by atoms with van der Waals surface area (Å²) in [5.41, 5.74) is 0.856. The molecule has 1 saturated heterocycles. The van der Waals surface area contributed by atoms with Crippen molar-refractivity contribution >= 4 is 11.9 Å². The summed E-state index contributed by atoms with van der Waals surface area (Å²) in [6, 6.07) is 7.97. The van der Waals surface area contributed by atoms with Crippen molar-refractivity contribution in [1.82, 2.24) is 4.90 Å². The molecule has 0 N–H and O–H groups in total. The van der Waals surface area contributed by atoms with Gasteiger partial charge in [-0.2, -0.15) is 5.26 Å². The zero-order chi connectivity index (χ0) is 13.8. The lowest BCUT2D eigenvalue weighted by atomic mass is 10.1. The fourth-order valence-electron chi connectivity index (χ4n) is 2.28. The maximum absolute atomic E-state index is 12.4. The average Bonchev–Trinajstić information content (AvgIpc) is 2.95. The Morgan fingerprint density at radius 3 is 2.95 bits per heavy atom. The van der Waals surface area contributed by atoms with Gasteiger partial charge in [0.1, 0.15) is 6.04 Å². The Morgan fingerprint density at radius 1 is 1.47 bits per heavy atom. The highest BCUT2D eigenvalue weighted by Crippen LogP contribution is 2.21. The molecule has 1 atom stereocenters. The second kappa shape index (κ2) is 5.53. The molecule has 0 spiro atoms. The third-order valence-corrected chi connectivity index (χ3v) is 3.23. The maximum Gasteiger partial charge on any atom is 0.328 e. The molecule has 5 heteroatoms. The van der Waals surface area contributed by atoms with E-state index in [4.69, 9.17) is 10.00 Å². The maximum atomic E-state index is 12.4. The number of methoxy groups -OCH3 is 1. The number of rotatable bonds is 2. The Kier molecular flexibility index (Phi) is 3.81. The molecule has 1 aliphatic heterocycles. The largest absolute Gasteiger partial charge is 0.467 e. The number of carbonyl (C=O) groups excluding carboxylic acids is 2. The van der Waals surface area contributed by atoms with E-state index < -0.39 is 6.04 Å². The quantitative estimate of drug-likeness (QED) is 0.750. The topological polar surface area (TPSA) is 70.4 Å². The molecule has 1 amide bonds. The van der Waals surface area contributed by atoms with Crippen molar-refractivity contribution in [2.45, 2.75) is 18.9 Å². The molecule has 0 aromatic heterocycles. The van der Waals surface area contributed by atoms with Gasteiger partial charge in [-0.05, 0) is 31.0 Å². The smallest absolute Gasteiger partial charge is 0.328 e. The van der Waals surface area contributed by atoms with E-state index in [1.54, 1.807) is 18.2 Å². The molecular formula is C14H14N2O3. The minimum absolute atomic E-state index is 0.231. The summed E-state index contributed by atoms with van der Waals surface area (Å²) in [5.74, 6) is -0.618. The van der Waals surface area contributed by atoms with Gasteiger partial charge in [0.15, 0.2) is 0 Å². The lowest BCUT2D eigenvalue weighted by Gasteiger charge is -2.22. The van der Waals surface area contributed by atoms with Crippen molar-refractivity contribution in [1.29, 1.82) is 5.26 Å². The second-order valence-corrected chi connectivity index (χ2v) is 4.37. The zero-order valence-electron chi connectivity index (χ0n) is 10.6. The van der Waals surface area contributed by atoms with Gasteiger partial charge in [-0.25, -0.2) is 4.79 Å². The Bertz CT molecular complexity index is 548. The molecule has 19 heavy (non-hydrogen) atoms. The summed E-state index contributed by atoms with van der Waals surface area (Å²) in [6.07, 6.45) is 1.40. The minimum atomic E-state index is -0.511. The van der Waals surface area contributed by atoms with Gasteiger partial charge in [-0.3, -0.25) is 4.79 Å². The molecule has 0 saturated carbocycles. The number of benzene rings is 1. The molecule has 1 aromatic carbocycles. The van der Waals surface area contributed by atoms with Crippen LogP contribution in [0.5, 0.6) is 0 Å². The van der Waals surface area contributed by atoms with Crippen LogP contribution in [0, 0.1) is 11.3 Å². The highest BCUT2D eigenvalue weighted by molar-refractivity contribution is 5.97. The minimum Gasteiger partial charge on any atom is -0.467 e. The highest BCUT2D eigenvalue weighted by Gasteiger charge is 2.35. The number of ether oxygens (including phenoxy) is 1. The van der Waals surface area contributed by atoms with E-state index in [1.807, 2.05) is 6.07 Å². The predicted octanol–water partition coefficient (Wildman–Crippen LogP) is 1.34. The number of amides is 1. The number of hydrogen-bond acceptors (Lipinski definition) is 4. The van der Waals surface area contributed by atoms with Crippen LogP contribution >= 0.6 is 0 Å². The summed E-state index contributed by atoms with van der Waals surface area (Å²) in [7, 11) is 1.32. The van der Waals surface area contributed by atoms with E-state index >= 15 is 0 Å². The van der Waals surface area contributed by atoms with E-state index in [0.717, 1.165) is 6.42 Å². The number of hydrogen-bond donors (Lipinski definition) is 0. The average molecular weight is 258 g/mol. The lowest BCUT2D eigenvalue weighted by molar-refractivity contribution is -0.145. The number of nitriles is 1. The summed E-state index contributed by atoms with van der Waals surface area (Å²) in [4.78, 5) is 25.5. The third-order valence-electron chi connectivity index (χ3n) is 3.23. The van der Waals surface area contributed by atoms with Crippen LogP contribution < -0.4 is 0 Å². The molecular weight excluding hydrogens is 244 g/mol. The van der Waals surface area contributed by atoms with Crippen LogP contribution in [0.2, 0.25) is 0 Å². The van der Waals surface area contributed by atoms with Crippen molar-refractivity contribution in [3.8, 4) is 6.07 Å². The predicted molar refractivity (Wildman–Crippen MR) is 67.2 cm³/mol. The van der Waals surface area contributed by atoms with Crippen molar-refractivity contribution in [2.24, 2.45) is 0 Å². The first-order valence-corrected chi connectivity index (χ1v) is 6.06. The molecule has 98 valence electrons. The van der Waals surface area contributed by atoms with Gasteiger partial charge < -0.3 is 9.64 Å². The molecule has 0 aliphatic carbocycles. The van der Waals surface area contributed by atoms with Crippen molar-refractivity contribution in [3.63, 3.8) is 0 Å². The summed E-state index contributed by atoms with van der Waals surface area (Å²) >= 11 is 0. The molecule has 0 radical (unpaired) electrons. The van der Waals surface area contributed by atoms with Crippen molar-refractivity contribution in [2.75, 3.05) is 13.7 Å². The number of likely N-dealkylation sites (tertiary alicyclic amines) is 1. The van der Waals surface area contributed by atoms with Crippen LogP contribution in [0.15, 0.2) is 24.3 Å². The van der Waals surface area contributed by atoms with E-state index in [1.165, 1.54) is 18.1 Å². The van der Waals surface area contributed by atoms with Crippen LogP contribution in [0.25, 0.3) is 0 Å². The zero-order valence-corrected chi connectivity index (χ0v) is 10.6. The van der Waals surface area contributed by atoms with Gasteiger partial charge in [0.25, 0.3) is 5.91 Å². The van der Waals surface area contributed by atoms with E-state index in [9.17, 15) is 9.59 Å². The molecule has 1 heterocycles. The first kappa shape index (κ1) is 13.1. The molecule has 5 nitrogen and oxygen atoms in total. The second-order valence-electron chi connectivity index (χ2n) is 4.37. The monoisotopic (exact) mass is 258 g/mol. The van der Waals surface area contributed by atoms with Gasteiger partial charge >= 0.3 is 5.97 Å². The molecule has 1 aromatic rings. The van der Waals surface area contributed by atoms with Crippen LogP contribution in [-0.2, 0) is 9.53 Å². The van der Waals surface area contributed by atoms with Crippen LogP contribution in [0.1, 0.15) is 28.8 Å². The first-order chi connectivity index (χ1) is 9.17. The Balaban J connectivity index is 2.23. The van der Waals surface area contributed by atoms with Gasteiger partial charge in [0.05, 0.1) is 18.7 Å². The van der Waals surface area contributed by atoms with E-state index in [2.05, 4.69) is 0 Å². The van der Waals surface area contributed by atoms with Crippen LogP contribution in [0.3, 0.4) is 0 Å². The molecule has 2 rings (SSSR count). The normalized spacial score (nSPS) is 17.9. The van der Waals surface area contributed by atoms with Gasteiger partial charge in [-0.1, -0.05) is 6.07 Å². The molecule has 1 fully saturated rings. The molecule has 1 aliphatic rings. The molecule has 0 unspecified atom stereocenters. The number of esters is 1. The summed E-state index contributed by atoms with van der Waals surface area (Å²) in [6.45, 7) is 0.537. The van der Waals surface area contributed by atoms with Crippen molar-refractivity contribution < 1.29 is 14.3 Å². The van der Waals surface area contributed by atoms with E-state index in [0.29, 0.717) is 24.1 Å². The standard InChI is InChI=1S/C14H14N2O3/c1-19-14(18)12-6-3-7-16(12)13(17)11-5-2-4-10(8-11)9-15/h2,4-5,8,12H,3,6-7H2,1H3/t12-/m0/s1. The summed E-state index contributed by atoms with van der Waals surface area (Å²) in [5, 5.41) is 8.84. The SMILES string of the molecule is COC(=O)[C@@H]1CCCN1C(=O)c1cccc(C#N)c1. The highest BCUT2D eigenvalue weighted by atomic mass is 16.5. The van der Waals surface area contributed by atoms with Crippen molar-refractivity contribution in [3.05, 3.63) is 35.4 Å². The number of nitrogens with zero attached hydrogens (tertiary/aromatic N) is 2. The fourth-order valence-corrected chi connectivity index (χ4v) is 2.28. The lowest BCUT2D eigenvalue weighted by Crippen LogP contribution is -2.41. The fraction of sp³-hybridized carbons (Fsp3) is 0.357. The summed E-state index contributed by atoms with van der Waals surface area (Å²) < 4.78 is 4.71. The van der Waals surface area contributed by atoms with Gasteiger partial charge in [0.2, 0.25) is 0 Å². The van der Waals surface area contributed by atoms with Crippen LogP contribution in [-0.4, -0.2) is 36.5 Å². The van der Waals surface area contributed by atoms with Gasteiger partial charge in [-0.15, -0.1) is 0 Å². The van der Waals surface area contributed by atoms with Crippen LogP contribution in [0.4, 0.5) is 0 Å². The molecule has 0 bridgehead atoms. The Morgan fingerprint density at radius 2 is 2.26 bits per heavy atom. The third kappa shape index (κ3) is 2.58.